The molecule has 0 aromatic carbocycles. The molecule has 144 valence electrons. The maximum absolute atomic E-state index is 12.3. The standard InChI is InChI=1S/C17H26N4O4S/c1-4-25-17(24)21-9-7-20(8-10-21)14(22)6-5-11-26-16-18-13(2)12-15(23)19(16)3/h12H,4-11H2,1-3H3. The third kappa shape index (κ3) is 5.48. The van der Waals surface area contributed by atoms with Crippen LogP contribution in [-0.2, 0) is 16.6 Å². The van der Waals surface area contributed by atoms with Gasteiger partial charge in [0.05, 0.1) is 6.61 Å². The highest BCUT2D eigenvalue weighted by atomic mass is 32.2. The van der Waals surface area contributed by atoms with E-state index in [0.717, 1.165) is 5.75 Å². The number of rotatable bonds is 6. The number of carbonyl (C=O) groups is 2. The van der Waals surface area contributed by atoms with Gasteiger partial charge in [0, 0.05) is 57.2 Å². The highest BCUT2D eigenvalue weighted by Crippen LogP contribution is 2.16. The van der Waals surface area contributed by atoms with Gasteiger partial charge in [0.2, 0.25) is 5.91 Å². The van der Waals surface area contributed by atoms with Crippen molar-refractivity contribution in [1.29, 1.82) is 0 Å². The summed E-state index contributed by atoms with van der Waals surface area (Å²) >= 11 is 1.49. The molecule has 1 aromatic rings. The van der Waals surface area contributed by atoms with Crippen LogP contribution in [0.3, 0.4) is 0 Å². The van der Waals surface area contributed by atoms with Crippen molar-refractivity contribution in [2.75, 3.05) is 38.5 Å². The van der Waals surface area contributed by atoms with Gasteiger partial charge in [0.25, 0.3) is 5.56 Å². The fraction of sp³-hybridized carbons (Fsp3) is 0.647. The van der Waals surface area contributed by atoms with Crippen molar-refractivity contribution < 1.29 is 14.3 Å². The average Bonchev–Trinajstić information content (AvgIpc) is 2.62. The molecule has 26 heavy (non-hydrogen) atoms. The molecule has 0 unspecified atom stereocenters. The Hall–Kier alpha value is -2.03. The van der Waals surface area contributed by atoms with Crippen LogP contribution in [0.15, 0.2) is 16.0 Å². The maximum Gasteiger partial charge on any atom is 0.409 e. The number of ether oxygens (including phenoxy) is 1. The van der Waals surface area contributed by atoms with Gasteiger partial charge in [-0.25, -0.2) is 9.78 Å². The van der Waals surface area contributed by atoms with Crippen LogP contribution in [0.5, 0.6) is 0 Å². The third-order valence-electron chi connectivity index (χ3n) is 4.15. The summed E-state index contributed by atoms with van der Waals surface area (Å²) in [6, 6.07) is 1.50. The highest BCUT2D eigenvalue weighted by molar-refractivity contribution is 7.99. The van der Waals surface area contributed by atoms with Crippen LogP contribution in [0.2, 0.25) is 0 Å². The van der Waals surface area contributed by atoms with Gasteiger partial charge in [-0.15, -0.1) is 0 Å². The summed E-state index contributed by atoms with van der Waals surface area (Å²) in [7, 11) is 1.70. The van der Waals surface area contributed by atoms with Crippen LogP contribution in [-0.4, -0.2) is 69.9 Å². The van der Waals surface area contributed by atoms with Gasteiger partial charge in [0.15, 0.2) is 5.16 Å². The van der Waals surface area contributed by atoms with Crippen molar-refractivity contribution in [3.05, 3.63) is 22.1 Å². The van der Waals surface area contributed by atoms with Crippen molar-refractivity contribution in [2.45, 2.75) is 31.8 Å². The minimum absolute atomic E-state index is 0.0736. The van der Waals surface area contributed by atoms with E-state index in [9.17, 15) is 14.4 Å². The molecular weight excluding hydrogens is 356 g/mol. The second kappa shape index (κ2) is 9.61. The predicted octanol–water partition coefficient (Wildman–Crippen LogP) is 1.26. The Morgan fingerprint density at radius 3 is 2.54 bits per heavy atom. The molecule has 0 radical (unpaired) electrons. The Labute approximate surface area is 157 Å². The van der Waals surface area contributed by atoms with Gasteiger partial charge in [-0.3, -0.25) is 14.2 Å². The second-order valence-corrected chi connectivity index (χ2v) is 7.16. The van der Waals surface area contributed by atoms with Crippen LogP contribution in [0.4, 0.5) is 4.79 Å². The first-order chi connectivity index (χ1) is 12.4. The van der Waals surface area contributed by atoms with Gasteiger partial charge >= 0.3 is 6.09 Å². The number of nitrogens with zero attached hydrogens (tertiary/aromatic N) is 4. The number of hydrogen-bond acceptors (Lipinski definition) is 6. The first-order valence-electron chi connectivity index (χ1n) is 8.79. The summed E-state index contributed by atoms with van der Waals surface area (Å²) in [4.78, 5) is 43.5. The fourth-order valence-electron chi connectivity index (χ4n) is 2.66. The Morgan fingerprint density at radius 1 is 1.23 bits per heavy atom. The molecule has 1 aliphatic rings. The van der Waals surface area contributed by atoms with E-state index < -0.39 is 0 Å². The first kappa shape index (κ1) is 20.3. The van der Waals surface area contributed by atoms with E-state index in [1.165, 1.54) is 22.4 Å². The minimum Gasteiger partial charge on any atom is -0.450 e. The molecule has 0 aliphatic carbocycles. The van der Waals surface area contributed by atoms with Gasteiger partial charge in [-0.2, -0.15) is 0 Å². The molecule has 0 saturated carbocycles. The Kier molecular flexibility index (Phi) is 7.50. The average molecular weight is 382 g/mol. The molecule has 2 amide bonds. The molecule has 2 rings (SSSR count). The molecule has 0 N–H and O–H groups in total. The Bertz CT molecular complexity index is 698. The van der Waals surface area contributed by atoms with Crippen molar-refractivity contribution in [1.82, 2.24) is 19.4 Å². The molecule has 0 atom stereocenters. The molecule has 0 bridgehead atoms. The largest absolute Gasteiger partial charge is 0.450 e. The summed E-state index contributed by atoms with van der Waals surface area (Å²) in [5, 5.41) is 0.672. The minimum atomic E-state index is -0.313. The van der Waals surface area contributed by atoms with Crippen LogP contribution in [0.1, 0.15) is 25.5 Å². The Morgan fingerprint density at radius 2 is 1.88 bits per heavy atom. The molecule has 8 nitrogen and oxygen atoms in total. The lowest BCUT2D eigenvalue weighted by molar-refractivity contribution is -0.132. The van der Waals surface area contributed by atoms with E-state index in [2.05, 4.69) is 4.98 Å². The second-order valence-electron chi connectivity index (χ2n) is 6.10. The smallest absolute Gasteiger partial charge is 0.409 e. The van der Waals surface area contributed by atoms with Crippen LogP contribution in [0, 0.1) is 6.92 Å². The van der Waals surface area contributed by atoms with Crippen molar-refractivity contribution in [2.24, 2.45) is 7.05 Å². The predicted molar refractivity (Wildman–Crippen MR) is 99.3 cm³/mol. The zero-order valence-corrected chi connectivity index (χ0v) is 16.4. The highest BCUT2D eigenvalue weighted by Gasteiger charge is 2.24. The number of carbonyl (C=O) groups excluding carboxylic acids is 2. The SMILES string of the molecule is CCOC(=O)N1CCN(C(=O)CCCSc2nc(C)cc(=O)n2C)CC1. The lowest BCUT2D eigenvalue weighted by atomic mass is 10.2. The number of thioether (sulfide) groups is 1. The molecule has 0 spiro atoms. The lowest BCUT2D eigenvalue weighted by Crippen LogP contribution is -2.50. The van der Waals surface area contributed by atoms with E-state index in [1.807, 2.05) is 0 Å². The van der Waals surface area contributed by atoms with E-state index in [4.69, 9.17) is 4.74 Å². The third-order valence-corrected chi connectivity index (χ3v) is 5.26. The van der Waals surface area contributed by atoms with Crippen LogP contribution >= 0.6 is 11.8 Å². The summed E-state index contributed by atoms with van der Waals surface area (Å²) in [5.41, 5.74) is 0.627. The van der Waals surface area contributed by atoms with Crippen molar-refractivity contribution >= 4 is 23.8 Å². The Balaban J connectivity index is 1.72. The quantitative estimate of drug-likeness (QED) is 0.418. The maximum atomic E-state index is 12.3. The topological polar surface area (TPSA) is 84.7 Å². The van der Waals surface area contributed by atoms with E-state index in [1.54, 1.807) is 30.7 Å². The van der Waals surface area contributed by atoms with Gasteiger partial charge in [0.1, 0.15) is 0 Å². The summed E-state index contributed by atoms with van der Waals surface area (Å²) in [6.07, 6.45) is 0.852. The number of piperazine rings is 1. The molecule has 2 heterocycles. The molecule has 1 saturated heterocycles. The normalized spacial score (nSPS) is 14.4. The molecular formula is C17H26N4O4S. The van der Waals surface area contributed by atoms with Crippen molar-refractivity contribution in [3.8, 4) is 0 Å². The molecule has 1 aliphatic heterocycles. The summed E-state index contributed by atoms with van der Waals surface area (Å²) < 4.78 is 6.50. The number of aryl methyl sites for hydroxylation is 1. The van der Waals surface area contributed by atoms with E-state index in [-0.39, 0.29) is 17.6 Å². The summed E-state index contributed by atoms with van der Waals surface area (Å²) in [5.74, 6) is 0.818. The zero-order chi connectivity index (χ0) is 19.1. The van der Waals surface area contributed by atoms with Crippen LogP contribution in [0.25, 0.3) is 0 Å². The zero-order valence-electron chi connectivity index (χ0n) is 15.6. The number of aromatic nitrogens is 2. The molecule has 1 aromatic heterocycles. The number of hydrogen-bond donors (Lipinski definition) is 0. The van der Waals surface area contributed by atoms with Gasteiger partial charge in [-0.05, 0) is 20.3 Å². The van der Waals surface area contributed by atoms with Gasteiger partial charge < -0.3 is 14.5 Å². The molecule has 1 fully saturated rings. The monoisotopic (exact) mass is 382 g/mol. The van der Waals surface area contributed by atoms with E-state index in [0.29, 0.717) is 56.5 Å². The lowest BCUT2D eigenvalue weighted by Gasteiger charge is -2.34. The summed E-state index contributed by atoms with van der Waals surface area (Å²) in [6.45, 7) is 6.03. The van der Waals surface area contributed by atoms with Crippen molar-refractivity contribution in [3.63, 3.8) is 0 Å². The fourth-order valence-corrected chi connectivity index (χ4v) is 3.62. The molecule has 9 heteroatoms. The van der Waals surface area contributed by atoms with E-state index >= 15 is 0 Å². The number of amides is 2. The van der Waals surface area contributed by atoms with Gasteiger partial charge in [-0.1, -0.05) is 11.8 Å². The van der Waals surface area contributed by atoms with Crippen LogP contribution < -0.4 is 5.56 Å². The first-order valence-corrected chi connectivity index (χ1v) is 9.78.